The molecule has 20 heavy (non-hydrogen) atoms. The fourth-order valence-corrected chi connectivity index (χ4v) is 2.21. The Morgan fingerprint density at radius 2 is 2.10 bits per heavy atom. The standard InChI is InChI=1S/C10H12FN5O4/c11-10-14-7(12)4-8(15-10)16(2-13-4)9-6(19)5(18)3(1-17)20-9/h2-3,5-6,9,17-19H,1H2,(H2,12,14,15)/t3-,5+,6+,9+/m0/s1. The van der Waals surface area contributed by atoms with E-state index in [1.165, 1.54) is 10.9 Å². The molecular formula is C10H12FN5O4. The summed E-state index contributed by atoms with van der Waals surface area (Å²) in [5.74, 6) is -0.141. The van der Waals surface area contributed by atoms with Gasteiger partial charge in [0.1, 0.15) is 18.3 Å². The van der Waals surface area contributed by atoms with Gasteiger partial charge in [0.15, 0.2) is 23.2 Å². The summed E-state index contributed by atoms with van der Waals surface area (Å²) in [5, 5.41) is 28.7. The van der Waals surface area contributed by atoms with Gasteiger partial charge < -0.3 is 25.8 Å². The average Bonchev–Trinajstić information content (AvgIpc) is 2.93. The number of ether oxygens (including phenoxy) is 1. The molecule has 1 saturated heterocycles. The molecule has 3 heterocycles. The van der Waals surface area contributed by atoms with Crippen molar-refractivity contribution in [1.82, 2.24) is 19.5 Å². The number of aromatic nitrogens is 4. The molecule has 0 aromatic carbocycles. The van der Waals surface area contributed by atoms with Gasteiger partial charge in [-0.2, -0.15) is 14.4 Å². The first kappa shape index (κ1) is 13.1. The molecule has 0 spiro atoms. The number of imidazole rings is 1. The molecule has 0 amide bonds. The number of nitrogen functional groups attached to an aromatic ring is 1. The monoisotopic (exact) mass is 285 g/mol. The third-order valence-electron chi connectivity index (χ3n) is 3.21. The second-order valence-electron chi connectivity index (χ2n) is 4.43. The van der Waals surface area contributed by atoms with Gasteiger partial charge in [0.25, 0.3) is 0 Å². The normalized spacial score (nSPS) is 30.2. The molecule has 3 rings (SSSR count). The molecule has 0 bridgehead atoms. The van der Waals surface area contributed by atoms with E-state index in [2.05, 4.69) is 15.0 Å². The molecule has 5 N–H and O–H groups in total. The highest BCUT2D eigenvalue weighted by molar-refractivity contribution is 5.81. The lowest BCUT2D eigenvalue weighted by molar-refractivity contribution is -0.0511. The van der Waals surface area contributed by atoms with E-state index in [0.29, 0.717) is 0 Å². The van der Waals surface area contributed by atoms with Crippen molar-refractivity contribution in [2.24, 2.45) is 0 Å². The SMILES string of the molecule is Nc1nc(F)nc2c1ncn2[C@@H]1O[C@@H](CO)[C@@H](O)[C@H]1O. The van der Waals surface area contributed by atoms with Crippen molar-refractivity contribution < 1.29 is 24.4 Å². The molecule has 9 nitrogen and oxygen atoms in total. The third-order valence-corrected chi connectivity index (χ3v) is 3.21. The number of aliphatic hydroxyl groups excluding tert-OH is 3. The van der Waals surface area contributed by atoms with E-state index in [9.17, 15) is 14.6 Å². The number of fused-ring (bicyclic) bond motifs is 1. The molecule has 2 aromatic heterocycles. The van der Waals surface area contributed by atoms with Crippen molar-refractivity contribution in [1.29, 1.82) is 0 Å². The second-order valence-corrected chi connectivity index (χ2v) is 4.43. The number of nitrogens with two attached hydrogens (primary N) is 1. The van der Waals surface area contributed by atoms with Crippen molar-refractivity contribution >= 4 is 17.0 Å². The Kier molecular flexibility index (Phi) is 3.01. The Balaban J connectivity index is 2.07. The summed E-state index contributed by atoms with van der Waals surface area (Å²) in [4.78, 5) is 10.8. The minimum atomic E-state index is -1.32. The van der Waals surface area contributed by atoms with Gasteiger partial charge in [-0.05, 0) is 0 Å². The summed E-state index contributed by atoms with van der Waals surface area (Å²) in [5.41, 5.74) is 5.71. The quantitative estimate of drug-likeness (QED) is 0.472. The molecule has 0 radical (unpaired) electrons. The number of hydrogen-bond donors (Lipinski definition) is 4. The van der Waals surface area contributed by atoms with Crippen LogP contribution in [0.2, 0.25) is 0 Å². The fraction of sp³-hybridized carbons (Fsp3) is 0.500. The van der Waals surface area contributed by atoms with Crippen molar-refractivity contribution in [2.45, 2.75) is 24.5 Å². The molecule has 0 aliphatic carbocycles. The van der Waals surface area contributed by atoms with E-state index < -0.39 is 37.2 Å². The first-order valence-electron chi connectivity index (χ1n) is 5.81. The van der Waals surface area contributed by atoms with Gasteiger partial charge in [-0.3, -0.25) is 4.57 Å². The first-order chi connectivity index (χ1) is 9.52. The van der Waals surface area contributed by atoms with Crippen LogP contribution in [0.15, 0.2) is 6.33 Å². The van der Waals surface area contributed by atoms with Crippen LogP contribution in [0, 0.1) is 6.08 Å². The minimum absolute atomic E-state index is 0.0323. The summed E-state index contributed by atoms with van der Waals surface area (Å²) in [6.07, 6.45) is -4.38. The molecule has 108 valence electrons. The smallest absolute Gasteiger partial charge is 0.312 e. The second kappa shape index (κ2) is 4.59. The Labute approximate surface area is 111 Å². The molecule has 1 aliphatic rings. The lowest BCUT2D eigenvalue weighted by Gasteiger charge is -2.16. The molecule has 0 saturated carbocycles. The van der Waals surface area contributed by atoms with Crippen LogP contribution in [0.4, 0.5) is 10.2 Å². The number of hydrogen-bond acceptors (Lipinski definition) is 8. The number of halogens is 1. The topological polar surface area (TPSA) is 140 Å². The van der Waals surface area contributed by atoms with E-state index in [1.807, 2.05) is 0 Å². The fourth-order valence-electron chi connectivity index (χ4n) is 2.21. The summed E-state index contributed by atoms with van der Waals surface area (Å²) in [7, 11) is 0. The van der Waals surface area contributed by atoms with Crippen molar-refractivity contribution in [2.75, 3.05) is 12.3 Å². The Morgan fingerprint density at radius 3 is 2.75 bits per heavy atom. The van der Waals surface area contributed by atoms with Crippen LogP contribution in [-0.2, 0) is 4.74 Å². The van der Waals surface area contributed by atoms with Crippen LogP contribution in [0.3, 0.4) is 0 Å². The van der Waals surface area contributed by atoms with Gasteiger partial charge in [0.2, 0.25) is 0 Å². The van der Waals surface area contributed by atoms with Gasteiger partial charge in [0.05, 0.1) is 12.9 Å². The van der Waals surface area contributed by atoms with E-state index >= 15 is 0 Å². The van der Waals surface area contributed by atoms with Gasteiger partial charge in [-0.1, -0.05) is 0 Å². The zero-order chi connectivity index (χ0) is 14.4. The molecule has 1 fully saturated rings. The average molecular weight is 285 g/mol. The number of rotatable bonds is 2. The first-order valence-corrected chi connectivity index (χ1v) is 5.81. The molecule has 4 atom stereocenters. The highest BCUT2D eigenvalue weighted by atomic mass is 19.1. The lowest BCUT2D eigenvalue weighted by Crippen LogP contribution is -2.33. The van der Waals surface area contributed by atoms with Gasteiger partial charge in [-0.15, -0.1) is 0 Å². The summed E-state index contributed by atoms with van der Waals surface area (Å²) in [6.45, 7) is -0.465. The van der Waals surface area contributed by atoms with E-state index in [4.69, 9.17) is 15.6 Å². The van der Waals surface area contributed by atoms with Crippen LogP contribution in [0.1, 0.15) is 6.23 Å². The summed E-state index contributed by atoms with van der Waals surface area (Å²) >= 11 is 0. The zero-order valence-electron chi connectivity index (χ0n) is 10.1. The maximum absolute atomic E-state index is 13.2. The predicted octanol–water partition coefficient (Wildman–Crippen LogP) is -1.84. The molecule has 10 heteroatoms. The van der Waals surface area contributed by atoms with E-state index in [1.54, 1.807) is 0 Å². The predicted molar refractivity (Wildman–Crippen MR) is 62.7 cm³/mol. The third kappa shape index (κ3) is 1.81. The minimum Gasteiger partial charge on any atom is -0.394 e. The zero-order valence-corrected chi connectivity index (χ0v) is 10.1. The number of aliphatic hydroxyl groups is 3. The van der Waals surface area contributed by atoms with Gasteiger partial charge >= 0.3 is 6.08 Å². The van der Waals surface area contributed by atoms with Crippen LogP contribution < -0.4 is 5.73 Å². The van der Waals surface area contributed by atoms with Crippen molar-refractivity contribution in [3.8, 4) is 0 Å². The maximum Gasteiger partial charge on any atom is 0.312 e. The van der Waals surface area contributed by atoms with Crippen LogP contribution in [-0.4, -0.2) is 59.8 Å². The maximum atomic E-state index is 13.2. The summed E-state index contributed by atoms with van der Waals surface area (Å²) < 4.78 is 19.8. The van der Waals surface area contributed by atoms with Crippen LogP contribution in [0.5, 0.6) is 0 Å². The number of nitrogens with zero attached hydrogens (tertiary/aromatic N) is 4. The molecule has 1 aliphatic heterocycles. The van der Waals surface area contributed by atoms with Crippen LogP contribution >= 0.6 is 0 Å². The largest absolute Gasteiger partial charge is 0.394 e. The Bertz CT molecular complexity index is 650. The van der Waals surface area contributed by atoms with Gasteiger partial charge in [0, 0.05) is 0 Å². The Morgan fingerprint density at radius 1 is 1.35 bits per heavy atom. The summed E-state index contributed by atoms with van der Waals surface area (Å²) in [6, 6.07) is 0. The highest BCUT2D eigenvalue weighted by Gasteiger charge is 2.44. The highest BCUT2D eigenvalue weighted by Crippen LogP contribution is 2.31. The lowest BCUT2D eigenvalue weighted by atomic mass is 10.1. The molecular weight excluding hydrogens is 273 g/mol. The van der Waals surface area contributed by atoms with Crippen LogP contribution in [0.25, 0.3) is 11.2 Å². The molecule has 2 aromatic rings. The van der Waals surface area contributed by atoms with E-state index in [0.717, 1.165) is 0 Å². The van der Waals surface area contributed by atoms with Crippen molar-refractivity contribution in [3.63, 3.8) is 0 Å². The number of anilines is 1. The Hall–Kier alpha value is -1.88. The van der Waals surface area contributed by atoms with Gasteiger partial charge in [-0.25, -0.2) is 4.98 Å². The van der Waals surface area contributed by atoms with E-state index in [-0.39, 0.29) is 17.0 Å². The molecule has 0 unspecified atom stereocenters. The van der Waals surface area contributed by atoms with Crippen molar-refractivity contribution in [3.05, 3.63) is 12.4 Å².